The highest BCUT2D eigenvalue weighted by atomic mass is 35.5. The van der Waals surface area contributed by atoms with Crippen molar-refractivity contribution in [1.29, 1.82) is 0 Å². The number of nitrogens with zero attached hydrogens (tertiary/aromatic N) is 1. The zero-order valence-electron chi connectivity index (χ0n) is 9.65. The topological polar surface area (TPSA) is 29.3 Å². The van der Waals surface area contributed by atoms with Gasteiger partial charge < -0.3 is 10.6 Å². The molecular weight excluding hydrogens is 272 g/mol. The van der Waals surface area contributed by atoms with Crippen LogP contribution < -0.4 is 10.6 Å². The number of hydrogen-bond donors (Lipinski definition) is 1. The molecular formula is C12H15ClN2S2. The van der Waals surface area contributed by atoms with Gasteiger partial charge >= 0.3 is 0 Å². The van der Waals surface area contributed by atoms with E-state index in [9.17, 15) is 0 Å². The van der Waals surface area contributed by atoms with E-state index in [1.54, 1.807) is 0 Å². The second kappa shape index (κ2) is 5.46. The van der Waals surface area contributed by atoms with E-state index in [1.165, 1.54) is 0 Å². The predicted molar refractivity (Wildman–Crippen MR) is 81.5 cm³/mol. The molecule has 1 aromatic carbocycles. The van der Waals surface area contributed by atoms with Crippen LogP contribution in [0.25, 0.3) is 0 Å². The van der Waals surface area contributed by atoms with Crippen LogP contribution in [-0.4, -0.2) is 29.1 Å². The molecule has 0 radical (unpaired) electrons. The second-order valence-corrected chi connectivity index (χ2v) is 6.55. The Morgan fingerprint density at radius 2 is 2.35 bits per heavy atom. The smallest absolute Gasteiger partial charge is 0.104 e. The van der Waals surface area contributed by atoms with Gasteiger partial charge in [0.25, 0.3) is 0 Å². The van der Waals surface area contributed by atoms with E-state index >= 15 is 0 Å². The first-order valence-electron chi connectivity index (χ1n) is 5.54. The Bertz CT molecular complexity index is 437. The molecule has 2 rings (SSSR count). The molecule has 1 heterocycles. The quantitative estimate of drug-likeness (QED) is 0.847. The fourth-order valence-electron chi connectivity index (χ4n) is 1.95. The molecule has 0 amide bonds. The van der Waals surface area contributed by atoms with Crippen LogP contribution in [-0.2, 0) is 0 Å². The lowest BCUT2D eigenvalue weighted by Crippen LogP contribution is -2.36. The fourth-order valence-corrected chi connectivity index (χ4v) is 3.39. The maximum Gasteiger partial charge on any atom is 0.104 e. The normalized spacial score (nSPS) is 20.4. The lowest BCUT2D eigenvalue weighted by Gasteiger charge is -2.33. The Balaban J connectivity index is 2.23. The van der Waals surface area contributed by atoms with Crippen LogP contribution in [0.3, 0.4) is 0 Å². The van der Waals surface area contributed by atoms with Gasteiger partial charge in [-0.15, -0.1) is 0 Å². The van der Waals surface area contributed by atoms with Gasteiger partial charge in [-0.3, -0.25) is 0 Å². The molecule has 1 unspecified atom stereocenters. The van der Waals surface area contributed by atoms with Crippen molar-refractivity contribution in [3.8, 4) is 0 Å². The van der Waals surface area contributed by atoms with Gasteiger partial charge in [0.15, 0.2) is 0 Å². The van der Waals surface area contributed by atoms with Gasteiger partial charge in [0.2, 0.25) is 0 Å². The third-order valence-electron chi connectivity index (χ3n) is 2.81. The van der Waals surface area contributed by atoms with Crippen LogP contribution in [0.1, 0.15) is 12.5 Å². The van der Waals surface area contributed by atoms with E-state index in [4.69, 9.17) is 29.6 Å². The van der Waals surface area contributed by atoms with Gasteiger partial charge in [-0.05, 0) is 18.2 Å². The molecule has 0 aromatic heterocycles. The van der Waals surface area contributed by atoms with E-state index in [-0.39, 0.29) is 0 Å². The lowest BCUT2D eigenvalue weighted by atomic mass is 10.2. The van der Waals surface area contributed by atoms with Crippen molar-refractivity contribution in [3.05, 3.63) is 28.8 Å². The highest BCUT2D eigenvalue weighted by Gasteiger charge is 2.19. The number of benzene rings is 1. The molecule has 92 valence electrons. The zero-order valence-corrected chi connectivity index (χ0v) is 12.0. The number of anilines is 1. The van der Waals surface area contributed by atoms with Crippen LogP contribution in [0, 0.1) is 0 Å². The highest BCUT2D eigenvalue weighted by molar-refractivity contribution is 8.00. The summed E-state index contributed by atoms with van der Waals surface area (Å²) in [5.74, 6) is 1.15. The first kappa shape index (κ1) is 13.0. The molecule has 17 heavy (non-hydrogen) atoms. The average Bonchev–Trinajstić information content (AvgIpc) is 2.28. The number of thiocarbonyl (C=S) groups is 1. The first-order chi connectivity index (χ1) is 8.08. The van der Waals surface area contributed by atoms with Crippen molar-refractivity contribution >= 4 is 46.3 Å². The van der Waals surface area contributed by atoms with Crippen molar-refractivity contribution in [2.75, 3.05) is 23.7 Å². The van der Waals surface area contributed by atoms with Gasteiger partial charge in [-0.1, -0.05) is 30.7 Å². The van der Waals surface area contributed by atoms with Crippen LogP contribution in [0.2, 0.25) is 5.02 Å². The average molecular weight is 287 g/mol. The summed E-state index contributed by atoms with van der Waals surface area (Å²) >= 11 is 13.2. The van der Waals surface area contributed by atoms with Crippen LogP contribution in [0.15, 0.2) is 18.2 Å². The zero-order chi connectivity index (χ0) is 12.4. The summed E-state index contributed by atoms with van der Waals surface area (Å²) in [5.41, 5.74) is 7.50. The molecule has 2 nitrogen and oxygen atoms in total. The molecule has 0 aliphatic carbocycles. The first-order valence-corrected chi connectivity index (χ1v) is 7.37. The summed E-state index contributed by atoms with van der Waals surface area (Å²) < 4.78 is 0. The minimum Gasteiger partial charge on any atom is -0.389 e. The van der Waals surface area contributed by atoms with Crippen molar-refractivity contribution in [1.82, 2.24) is 0 Å². The summed E-state index contributed by atoms with van der Waals surface area (Å²) in [6, 6.07) is 5.81. The van der Waals surface area contributed by atoms with E-state index in [2.05, 4.69) is 11.8 Å². The molecule has 0 saturated carbocycles. The molecule has 0 bridgehead atoms. The van der Waals surface area contributed by atoms with Gasteiger partial charge in [0, 0.05) is 29.7 Å². The second-order valence-electron chi connectivity index (χ2n) is 4.16. The lowest BCUT2D eigenvalue weighted by molar-refractivity contribution is 0.783. The Kier molecular flexibility index (Phi) is 4.17. The number of rotatable bonds is 2. The van der Waals surface area contributed by atoms with Gasteiger partial charge in [0.1, 0.15) is 4.99 Å². The summed E-state index contributed by atoms with van der Waals surface area (Å²) in [6.45, 7) is 4.33. The van der Waals surface area contributed by atoms with Crippen LogP contribution >= 0.6 is 35.6 Å². The van der Waals surface area contributed by atoms with Crippen LogP contribution in [0.4, 0.5) is 5.69 Å². The Morgan fingerprint density at radius 3 is 2.94 bits per heavy atom. The predicted octanol–water partition coefficient (Wildman–Crippen LogP) is 2.92. The third kappa shape index (κ3) is 3.06. The number of nitrogens with two attached hydrogens (primary N) is 1. The SMILES string of the molecule is CC1CN(c2ccc(C(N)=S)cc2Cl)CCS1. The molecule has 1 aliphatic rings. The molecule has 1 atom stereocenters. The van der Waals surface area contributed by atoms with Crippen molar-refractivity contribution in [3.63, 3.8) is 0 Å². The number of hydrogen-bond acceptors (Lipinski definition) is 3. The summed E-state index contributed by atoms with van der Waals surface area (Å²) in [6.07, 6.45) is 0. The maximum absolute atomic E-state index is 6.29. The van der Waals surface area contributed by atoms with Gasteiger partial charge in [-0.2, -0.15) is 11.8 Å². The van der Waals surface area contributed by atoms with E-state index in [0.29, 0.717) is 10.2 Å². The van der Waals surface area contributed by atoms with E-state index < -0.39 is 0 Å². The Hall–Kier alpha value is -0.450. The Labute approximate surface area is 117 Å². The van der Waals surface area contributed by atoms with E-state index in [1.807, 2.05) is 30.0 Å². The molecule has 1 aliphatic heterocycles. The molecule has 1 saturated heterocycles. The monoisotopic (exact) mass is 286 g/mol. The Morgan fingerprint density at radius 1 is 1.59 bits per heavy atom. The van der Waals surface area contributed by atoms with Crippen molar-refractivity contribution < 1.29 is 0 Å². The van der Waals surface area contributed by atoms with Gasteiger partial charge in [-0.25, -0.2) is 0 Å². The minimum atomic E-state index is 0.390. The molecule has 2 N–H and O–H groups in total. The number of halogens is 1. The van der Waals surface area contributed by atoms with Crippen molar-refractivity contribution in [2.45, 2.75) is 12.2 Å². The largest absolute Gasteiger partial charge is 0.389 e. The van der Waals surface area contributed by atoms with Gasteiger partial charge in [0.05, 0.1) is 10.7 Å². The summed E-state index contributed by atoms with van der Waals surface area (Å²) in [5, 5.41) is 1.38. The minimum absolute atomic E-state index is 0.390. The molecule has 0 spiro atoms. The molecule has 5 heteroatoms. The standard InChI is InChI=1S/C12H15ClN2S2/c1-8-7-15(4-5-17-8)11-3-2-9(12(14)16)6-10(11)13/h2-3,6,8H,4-5,7H2,1H3,(H2,14,16). The van der Waals surface area contributed by atoms with E-state index in [0.717, 1.165) is 35.1 Å². The fraction of sp³-hybridized carbons (Fsp3) is 0.417. The number of thioether (sulfide) groups is 1. The summed E-state index contributed by atoms with van der Waals surface area (Å²) in [7, 11) is 0. The third-order valence-corrected chi connectivity index (χ3v) is 4.49. The maximum atomic E-state index is 6.29. The highest BCUT2D eigenvalue weighted by Crippen LogP contribution is 2.30. The molecule has 1 aromatic rings. The summed E-state index contributed by atoms with van der Waals surface area (Å²) in [4.78, 5) is 2.72. The van der Waals surface area contributed by atoms with Crippen LogP contribution in [0.5, 0.6) is 0 Å². The van der Waals surface area contributed by atoms with Crippen molar-refractivity contribution in [2.24, 2.45) is 5.73 Å². The molecule has 1 fully saturated rings.